The van der Waals surface area contributed by atoms with Crippen molar-refractivity contribution in [2.75, 3.05) is 62.4 Å². The summed E-state index contributed by atoms with van der Waals surface area (Å²) in [6.45, 7) is 4.68. The first-order valence-electron chi connectivity index (χ1n) is 9.81. The van der Waals surface area contributed by atoms with Gasteiger partial charge in [0, 0.05) is 56.2 Å². The van der Waals surface area contributed by atoms with E-state index in [-0.39, 0.29) is 11.9 Å². The number of likely N-dealkylation sites (N-methyl/N-ethyl adjacent to an activating group) is 1. The quantitative estimate of drug-likeness (QED) is 0.701. The van der Waals surface area contributed by atoms with Gasteiger partial charge in [-0.05, 0) is 55.6 Å². The number of nitrogens with zero attached hydrogens (tertiary/aromatic N) is 2. The predicted octanol–water partition coefficient (Wildman–Crippen LogP) is 2.67. The molecule has 1 fully saturated rings. The van der Waals surface area contributed by atoms with Gasteiger partial charge in [-0.1, -0.05) is 0 Å². The predicted molar refractivity (Wildman–Crippen MR) is 116 cm³/mol. The van der Waals surface area contributed by atoms with Crippen LogP contribution < -0.4 is 15.5 Å². The first-order chi connectivity index (χ1) is 14.0. The highest BCUT2D eigenvalue weighted by molar-refractivity contribution is 5.91. The van der Waals surface area contributed by atoms with E-state index in [1.54, 1.807) is 24.3 Å². The zero-order valence-electron chi connectivity index (χ0n) is 17.0. The van der Waals surface area contributed by atoms with Crippen LogP contribution in [0.25, 0.3) is 0 Å². The lowest BCUT2D eigenvalue weighted by molar-refractivity contribution is -0.115. The fourth-order valence-corrected chi connectivity index (χ4v) is 3.21. The molecule has 154 valence electrons. The summed E-state index contributed by atoms with van der Waals surface area (Å²) in [6.07, 6.45) is 0.346. The molecule has 1 amide bonds. The zero-order valence-corrected chi connectivity index (χ0v) is 17.0. The van der Waals surface area contributed by atoms with E-state index in [9.17, 15) is 9.59 Å². The fourth-order valence-electron chi connectivity index (χ4n) is 3.21. The molecule has 29 heavy (non-hydrogen) atoms. The Labute approximate surface area is 171 Å². The van der Waals surface area contributed by atoms with Crippen molar-refractivity contribution in [3.63, 3.8) is 0 Å². The summed E-state index contributed by atoms with van der Waals surface area (Å²) < 4.78 is 4.67. The minimum Gasteiger partial charge on any atom is -0.465 e. The highest BCUT2D eigenvalue weighted by Crippen LogP contribution is 2.19. The van der Waals surface area contributed by atoms with Crippen LogP contribution >= 0.6 is 0 Å². The third-order valence-electron chi connectivity index (χ3n) is 5.01. The van der Waals surface area contributed by atoms with Crippen LogP contribution in [0.1, 0.15) is 16.8 Å². The summed E-state index contributed by atoms with van der Waals surface area (Å²) in [5.74, 6) is -0.411. The summed E-state index contributed by atoms with van der Waals surface area (Å²) in [7, 11) is 3.50. The van der Waals surface area contributed by atoms with Gasteiger partial charge in [0.1, 0.15) is 0 Å². The normalized spacial score (nSPS) is 14.3. The molecule has 0 radical (unpaired) electrons. The number of carbonyl (C=O) groups excluding carboxylic acids is 2. The molecule has 0 saturated carbocycles. The van der Waals surface area contributed by atoms with Crippen LogP contribution in [0.2, 0.25) is 0 Å². The molecule has 2 N–H and O–H groups in total. The molecule has 0 unspecified atom stereocenters. The highest BCUT2D eigenvalue weighted by Gasteiger charge is 2.14. The lowest BCUT2D eigenvalue weighted by atomic mass is 10.2. The SMILES string of the molecule is COC(=O)c1ccc(NCCC(=O)Nc2ccc(N3CCN(C)CC3)cc2)cc1. The summed E-state index contributed by atoms with van der Waals surface area (Å²) >= 11 is 0. The molecule has 0 spiro atoms. The third-order valence-corrected chi connectivity index (χ3v) is 5.01. The van der Waals surface area contributed by atoms with Crippen molar-refractivity contribution in [3.8, 4) is 0 Å². The van der Waals surface area contributed by atoms with Crippen LogP contribution in [0.3, 0.4) is 0 Å². The molecular weight excluding hydrogens is 368 g/mol. The lowest BCUT2D eigenvalue weighted by Crippen LogP contribution is -2.44. The Bertz CT molecular complexity index is 813. The van der Waals surface area contributed by atoms with Crippen molar-refractivity contribution in [2.45, 2.75) is 6.42 Å². The molecule has 7 nitrogen and oxygen atoms in total. The van der Waals surface area contributed by atoms with Gasteiger partial charge in [0.05, 0.1) is 12.7 Å². The van der Waals surface area contributed by atoms with E-state index in [4.69, 9.17) is 0 Å². The number of rotatable bonds is 7. The monoisotopic (exact) mass is 396 g/mol. The topological polar surface area (TPSA) is 73.9 Å². The smallest absolute Gasteiger partial charge is 0.337 e. The molecule has 2 aromatic rings. The van der Waals surface area contributed by atoms with Crippen LogP contribution in [-0.4, -0.2) is 63.7 Å². The van der Waals surface area contributed by atoms with Crippen LogP contribution in [0, 0.1) is 0 Å². The second-order valence-electron chi connectivity index (χ2n) is 7.13. The molecule has 1 heterocycles. The molecule has 1 aliphatic rings. The number of piperazine rings is 1. The van der Waals surface area contributed by atoms with Crippen molar-refractivity contribution in [1.29, 1.82) is 0 Å². The molecule has 1 aliphatic heterocycles. The van der Waals surface area contributed by atoms with Gasteiger partial charge in [0.25, 0.3) is 0 Å². The molecule has 0 aliphatic carbocycles. The molecule has 3 rings (SSSR count). The summed E-state index contributed by atoms with van der Waals surface area (Å²) in [6, 6.07) is 15.0. The van der Waals surface area contributed by atoms with Crippen molar-refractivity contribution < 1.29 is 14.3 Å². The van der Waals surface area contributed by atoms with E-state index in [1.807, 2.05) is 12.1 Å². The van der Waals surface area contributed by atoms with E-state index in [0.717, 1.165) is 37.6 Å². The van der Waals surface area contributed by atoms with Crippen molar-refractivity contribution in [1.82, 2.24) is 4.90 Å². The first-order valence-corrected chi connectivity index (χ1v) is 9.81. The number of ether oxygens (including phenoxy) is 1. The standard InChI is InChI=1S/C22H28N4O3/c1-25-13-15-26(16-14-25)20-9-7-19(8-10-20)24-21(27)11-12-23-18-5-3-17(4-6-18)22(28)29-2/h3-10,23H,11-16H2,1-2H3,(H,24,27). The third kappa shape index (κ3) is 5.96. The average molecular weight is 396 g/mol. The summed E-state index contributed by atoms with van der Waals surface area (Å²) in [4.78, 5) is 28.3. The van der Waals surface area contributed by atoms with Gasteiger partial charge in [0.15, 0.2) is 0 Å². The Hall–Kier alpha value is -3.06. The number of benzene rings is 2. The number of amides is 1. The van der Waals surface area contributed by atoms with E-state index >= 15 is 0 Å². The number of hydrogen-bond acceptors (Lipinski definition) is 6. The minimum atomic E-state index is -0.366. The molecule has 2 aromatic carbocycles. The van der Waals surface area contributed by atoms with Crippen LogP contribution in [0.4, 0.5) is 17.1 Å². The molecule has 0 bridgehead atoms. The molecule has 7 heteroatoms. The van der Waals surface area contributed by atoms with Crippen LogP contribution in [0.15, 0.2) is 48.5 Å². The van der Waals surface area contributed by atoms with Crippen LogP contribution in [-0.2, 0) is 9.53 Å². The van der Waals surface area contributed by atoms with Gasteiger partial charge in [-0.25, -0.2) is 4.79 Å². The number of hydrogen-bond donors (Lipinski definition) is 2. The van der Waals surface area contributed by atoms with Gasteiger partial charge in [-0.15, -0.1) is 0 Å². The summed E-state index contributed by atoms with van der Waals surface area (Å²) in [5, 5.41) is 6.11. The fraction of sp³-hybridized carbons (Fsp3) is 0.364. The van der Waals surface area contributed by atoms with E-state index in [0.29, 0.717) is 18.5 Å². The van der Waals surface area contributed by atoms with Gasteiger partial charge >= 0.3 is 5.97 Å². The Morgan fingerprint density at radius 2 is 1.55 bits per heavy atom. The lowest BCUT2D eigenvalue weighted by Gasteiger charge is -2.34. The largest absolute Gasteiger partial charge is 0.465 e. The number of anilines is 3. The van der Waals surface area contributed by atoms with E-state index in [1.165, 1.54) is 12.8 Å². The molecule has 1 saturated heterocycles. The number of nitrogens with one attached hydrogen (secondary N) is 2. The Balaban J connectivity index is 1.42. The Kier molecular flexibility index (Phi) is 7.08. The second-order valence-corrected chi connectivity index (χ2v) is 7.13. The maximum absolute atomic E-state index is 12.2. The highest BCUT2D eigenvalue weighted by atomic mass is 16.5. The minimum absolute atomic E-state index is 0.0453. The van der Waals surface area contributed by atoms with Crippen LogP contribution in [0.5, 0.6) is 0 Å². The zero-order chi connectivity index (χ0) is 20.6. The second kappa shape index (κ2) is 9.93. The van der Waals surface area contributed by atoms with Gasteiger partial charge in [-0.2, -0.15) is 0 Å². The average Bonchev–Trinajstić information content (AvgIpc) is 2.75. The van der Waals surface area contributed by atoms with Gasteiger partial charge in [-0.3, -0.25) is 4.79 Å². The molecule has 0 aromatic heterocycles. The summed E-state index contributed by atoms with van der Waals surface area (Å²) in [5.41, 5.74) is 3.33. The molecule has 0 atom stereocenters. The Morgan fingerprint density at radius 1 is 0.931 bits per heavy atom. The van der Waals surface area contributed by atoms with E-state index in [2.05, 4.69) is 44.4 Å². The molecular formula is C22H28N4O3. The first kappa shape index (κ1) is 20.7. The number of carbonyl (C=O) groups is 2. The Morgan fingerprint density at radius 3 is 2.17 bits per heavy atom. The van der Waals surface area contributed by atoms with Crippen molar-refractivity contribution >= 4 is 28.9 Å². The maximum Gasteiger partial charge on any atom is 0.337 e. The van der Waals surface area contributed by atoms with Gasteiger partial charge in [0.2, 0.25) is 5.91 Å². The van der Waals surface area contributed by atoms with Gasteiger partial charge < -0.3 is 25.2 Å². The van der Waals surface area contributed by atoms with Crippen molar-refractivity contribution in [3.05, 3.63) is 54.1 Å². The number of methoxy groups -OCH3 is 1. The maximum atomic E-state index is 12.2. The number of esters is 1. The van der Waals surface area contributed by atoms with E-state index < -0.39 is 0 Å². The van der Waals surface area contributed by atoms with Crippen molar-refractivity contribution in [2.24, 2.45) is 0 Å².